The van der Waals surface area contributed by atoms with Gasteiger partial charge >= 0.3 is 0 Å². The molecule has 0 N–H and O–H groups in total. The largest absolute Gasteiger partial charge is 0.217 e. The van der Waals surface area contributed by atoms with Crippen LogP contribution in [0, 0.1) is 0 Å². The lowest BCUT2D eigenvalue weighted by Crippen LogP contribution is -2.28. The molecule has 0 unspecified atom stereocenters. The second kappa shape index (κ2) is 3.55. The Morgan fingerprint density at radius 2 is 1.88 bits per heavy atom. The molecule has 1 aromatic rings. The van der Waals surface area contributed by atoms with E-state index in [4.69, 9.17) is 0 Å². The van der Waals surface area contributed by atoms with E-state index in [1.165, 1.54) is 0 Å². The number of halogens is 1. The van der Waals surface area contributed by atoms with E-state index in [0.29, 0.717) is 13.1 Å². The normalized spacial score (nSPS) is 21.1. The minimum absolute atomic E-state index is 0.106. The Balaban J connectivity index is 1.90. The third kappa shape index (κ3) is 1.71. The lowest BCUT2D eigenvalue weighted by molar-refractivity contribution is 0.430. The van der Waals surface area contributed by atoms with E-state index < -0.39 is 10.0 Å². The summed E-state index contributed by atoms with van der Waals surface area (Å²) in [6, 6.07) is 5.98. The molecule has 1 aliphatic carbocycles. The van der Waals surface area contributed by atoms with E-state index in [1.807, 2.05) is 18.2 Å². The van der Waals surface area contributed by atoms with Gasteiger partial charge in [0.05, 0.1) is 5.25 Å². The van der Waals surface area contributed by atoms with Crippen LogP contribution in [0.1, 0.15) is 24.0 Å². The molecule has 0 aromatic heterocycles. The maximum atomic E-state index is 12.1. The Morgan fingerprint density at radius 3 is 2.56 bits per heavy atom. The van der Waals surface area contributed by atoms with Gasteiger partial charge < -0.3 is 0 Å². The summed E-state index contributed by atoms with van der Waals surface area (Å²) in [5, 5.41) is -0.106. The summed E-state index contributed by atoms with van der Waals surface area (Å²) in [5.41, 5.74) is 2.26. The lowest BCUT2D eigenvalue weighted by atomic mass is 10.1. The number of nitrogens with zero attached hydrogens (tertiary/aromatic N) is 1. The zero-order chi connectivity index (χ0) is 11.3. The van der Waals surface area contributed by atoms with Gasteiger partial charge in [0.2, 0.25) is 10.0 Å². The van der Waals surface area contributed by atoms with Gasteiger partial charge in [-0.2, -0.15) is 4.31 Å². The molecule has 0 radical (unpaired) electrons. The Labute approximate surface area is 104 Å². The van der Waals surface area contributed by atoms with Gasteiger partial charge in [-0.1, -0.05) is 22.0 Å². The summed E-state index contributed by atoms with van der Waals surface area (Å²) >= 11 is 3.41. The van der Waals surface area contributed by atoms with Gasteiger partial charge in [-0.3, -0.25) is 0 Å². The van der Waals surface area contributed by atoms with Crippen LogP contribution >= 0.6 is 15.9 Å². The number of rotatable bonds is 2. The van der Waals surface area contributed by atoms with Crippen molar-refractivity contribution in [2.45, 2.75) is 31.2 Å². The van der Waals surface area contributed by atoms with Crippen LogP contribution in [0.5, 0.6) is 0 Å². The summed E-state index contributed by atoms with van der Waals surface area (Å²) < 4.78 is 26.7. The highest BCUT2D eigenvalue weighted by Gasteiger charge is 2.41. The van der Waals surface area contributed by atoms with Crippen LogP contribution < -0.4 is 0 Å². The first-order chi connectivity index (χ1) is 7.57. The molecule has 1 aromatic carbocycles. The summed E-state index contributed by atoms with van der Waals surface area (Å²) in [6.45, 7) is 1.08. The smallest absolute Gasteiger partial charge is 0.212 e. The lowest BCUT2D eigenvalue weighted by Gasteiger charge is -2.14. The minimum Gasteiger partial charge on any atom is -0.212 e. The first-order valence-electron chi connectivity index (χ1n) is 5.33. The van der Waals surface area contributed by atoms with Crippen molar-refractivity contribution in [3.8, 4) is 0 Å². The van der Waals surface area contributed by atoms with E-state index in [0.717, 1.165) is 28.4 Å². The fourth-order valence-electron chi connectivity index (χ4n) is 2.09. The van der Waals surface area contributed by atoms with Gasteiger partial charge in [-0.25, -0.2) is 8.42 Å². The summed E-state index contributed by atoms with van der Waals surface area (Å²) in [5.74, 6) is 0. The van der Waals surface area contributed by atoms with Crippen molar-refractivity contribution >= 4 is 26.0 Å². The first kappa shape index (κ1) is 10.7. The molecular weight excluding hydrogens is 290 g/mol. The molecular formula is C11H12BrNO2S. The fourth-order valence-corrected chi connectivity index (χ4v) is 4.29. The number of benzene rings is 1. The third-order valence-corrected chi connectivity index (χ3v) is 5.95. The number of fused-ring (bicyclic) bond motifs is 1. The Kier molecular flexibility index (Phi) is 2.38. The maximum Gasteiger partial charge on any atom is 0.217 e. The van der Waals surface area contributed by atoms with E-state index in [2.05, 4.69) is 15.9 Å². The Morgan fingerprint density at radius 1 is 1.19 bits per heavy atom. The summed E-state index contributed by atoms with van der Waals surface area (Å²) in [4.78, 5) is 0. The van der Waals surface area contributed by atoms with Crippen LogP contribution in [0.15, 0.2) is 22.7 Å². The van der Waals surface area contributed by atoms with Gasteiger partial charge in [0.1, 0.15) is 0 Å². The molecule has 0 atom stereocenters. The molecule has 1 saturated carbocycles. The second-order valence-corrected chi connectivity index (χ2v) is 7.55. The van der Waals surface area contributed by atoms with Crippen molar-refractivity contribution in [1.29, 1.82) is 0 Å². The molecule has 5 heteroatoms. The molecule has 1 fully saturated rings. The third-order valence-electron chi connectivity index (χ3n) is 3.17. The summed E-state index contributed by atoms with van der Waals surface area (Å²) in [6.07, 6.45) is 1.66. The quantitative estimate of drug-likeness (QED) is 0.840. The molecule has 1 heterocycles. The van der Waals surface area contributed by atoms with Crippen LogP contribution in [0.4, 0.5) is 0 Å². The van der Waals surface area contributed by atoms with Crippen molar-refractivity contribution in [3.05, 3.63) is 33.8 Å². The van der Waals surface area contributed by atoms with Crippen LogP contribution in [-0.4, -0.2) is 18.0 Å². The molecule has 0 amide bonds. The SMILES string of the molecule is O=S(=O)(C1CC1)N1Cc2ccc(Br)cc2C1. The molecule has 0 spiro atoms. The predicted octanol–water partition coefficient (Wildman–Crippen LogP) is 2.26. The van der Waals surface area contributed by atoms with Crippen molar-refractivity contribution in [1.82, 2.24) is 4.31 Å². The van der Waals surface area contributed by atoms with E-state index in [1.54, 1.807) is 4.31 Å². The van der Waals surface area contributed by atoms with Crippen LogP contribution in [0.3, 0.4) is 0 Å². The monoisotopic (exact) mass is 301 g/mol. The molecule has 3 rings (SSSR count). The topological polar surface area (TPSA) is 37.4 Å². The Hall–Kier alpha value is -0.390. The fraction of sp³-hybridized carbons (Fsp3) is 0.455. The van der Waals surface area contributed by atoms with Crippen LogP contribution in [0.25, 0.3) is 0 Å². The molecule has 0 bridgehead atoms. The highest BCUT2D eigenvalue weighted by atomic mass is 79.9. The van der Waals surface area contributed by atoms with Gasteiger partial charge in [-0.05, 0) is 36.1 Å². The molecule has 1 aliphatic heterocycles. The number of hydrogen-bond acceptors (Lipinski definition) is 2. The predicted molar refractivity (Wildman–Crippen MR) is 65.3 cm³/mol. The van der Waals surface area contributed by atoms with Gasteiger partial charge in [0.15, 0.2) is 0 Å². The molecule has 0 saturated heterocycles. The molecule has 3 nitrogen and oxygen atoms in total. The molecule has 16 heavy (non-hydrogen) atoms. The van der Waals surface area contributed by atoms with E-state index >= 15 is 0 Å². The van der Waals surface area contributed by atoms with Crippen molar-refractivity contribution in [3.63, 3.8) is 0 Å². The van der Waals surface area contributed by atoms with Gasteiger partial charge in [-0.15, -0.1) is 0 Å². The summed E-state index contributed by atoms with van der Waals surface area (Å²) in [7, 11) is -3.03. The van der Waals surface area contributed by atoms with Crippen LogP contribution in [0.2, 0.25) is 0 Å². The number of sulfonamides is 1. The minimum atomic E-state index is -3.03. The van der Waals surface area contributed by atoms with Crippen molar-refractivity contribution in [2.75, 3.05) is 0 Å². The average molecular weight is 302 g/mol. The van der Waals surface area contributed by atoms with Gasteiger partial charge in [0, 0.05) is 17.6 Å². The molecule has 86 valence electrons. The van der Waals surface area contributed by atoms with Crippen molar-refractivity contribution < 1.29 is 8.42 Å². The van der Waals surface area contributed by atoms with Crippen molar-refractivity contribution in [2.24, 2.45) is 0 Å². The highest BCUT2D eigenvalue weighted by molar-refractivity contribution is 9.10. The highest BCUT2D eigenvalue weighted by Crippen LogP contribution is 2.36. The van der Waals surface area contributed by atoms with E-state index in [-0.39, 0.29) is 5.25 Å². The molecule has 2 aliphatic rings. The van der Waals surface area contributed by atoms with Gasteiger partial charge in [0.25, 0.3) is 0 Å². The first-order valence-corrected chi connectivity index (χ1v) is 7.63. The Bertz CT molecular complexity index is 537. The zero-order valence-electron chi connectivity index (χ0n) is 8.69. The second-order valence-electron chi connectivity index (χ2n) is 4.43. The standard InChI is InChI=1S/C11H12BrNO2S/c12-10-2-1-8-6-13(7-9(8)5-10)16(14,15)11-3-4-11/h1-2,5,11H,3-4,6-7H2. The average Bonchev–Trinajstić information content (AvgIpc) is 2.99. The van der Waals surface area contributed by atoms with Crippen LogP contribution in [-0.2, 0) is 23.1 Å². The van der Waals surface area contributed by atoms with E-state index in [9.17, 15) is 8.42 Å². The number of hydrogen-bond donors (Lipinski definition) is 0. The maximum absolute atomic E-state index is 12.1. The zero-order valence-corrected chi connectivity index (χ0v) is 11.1.